The van der Waals surface area contributed by atoms with Crippen molar-refractivity contribution in [3.63, 3.8) is 0 Å². The van der Waals surface area contributed by atoms with E-state index in [9.17, 15) is 0 Å². The van der Waals surface area contributed by atoms with Crippen LogP contribution in [0.5, 0.6) is 0 Å². The summed E-state index contributed by atoms with van der Waals surface area (Å²) in [6.07, 6.45) is 5.69. The molecule has 1 aromatic heterocycles. The fourth-order valence-corrected chi connectivity index (χ4v) is 3.70. The van der Waals surface area contributed by atoms with Gasteiger partial charge in [0.1, 0.15) is 0 Å². The van der Waals surface area contributed by atoms with E-state index in [0.29, 0.717) is 11.0 Å². The van der Waals surface area contributed by atoms with Gasteiger partial charge >= 0.3 is 0 Å². The van der Waals surface area contributed by atoms with Crippen LogP contribution in [-0.4, -0.2) is 26.9 Å². The Bertz CT molecular complexity index is 1090. The monoisotopic (exact) mass is 373 g/mol. The van der Waals surface area contributed by atoms with Crippen molar-refractivity contribution in [2.45, 2.75) is 13.0 Å². The molecule has 0 spiro atoms. The molecule has 5 nitrogen and oxygen atoms in total. The molecule has 5 rings (SSSR count). The average Bonchev–Trinajstić information content (AvgIpc) is 3.04. The molecule has 1 atom stereocenters. The Morgan fingerprint density at radius 3 is 2.56 bits per heavy atom. The van der Waals surface area contributed by atoms with Crippen molar-refractivity contribution in [1.29, 1.82) is 0 Å². The first-order valence-corrected chi connectivity index (χ1v) is 9.08. The van der Waals surface area contributed by atoms with Gasteiger partial charge in [0.05, 0.1) is 17.4 Å². The van der Waals surface area contributed by atoms with Crippen LogP contribution in [0.25, 0.3) is 5.69 Å². The van der Waals surface area contributed by atoms with Crippen molar-refractivity contribution in [3.8, 4) is 5.69 Å². The highest BCUT2D eigenvalue weighted by molar-refractivity contribution is 6.30. The zero-order valence-corrected chi connectivity index (χ0v) is 15.4. The van der Waals surface area contributed by atoms with Crippen molar-refractivity contribution < 1.29 is 0 Å². The predicted octanol–water partition coefficient (Wildman–Crippen LogP) is 4.82. The molecule has 0 bridgehead atoms. The molecule has 132 valence electrons. The van der Waals surface area contributed by atoms with E-state index in [0.717, 1.165) is 28.3 Å². The quantitative estimate of drug-likeness (QED) is 0.646. The third-order valence-electron chi connectivity index (χ3n) is 4.78. The van der Waals surface area contributed by atoms with E-state index < -0.39 is 0 Å². The largest absolute Gasteiger partial charge is 0.305 e. The number of fused-ring (bicyclic) bond motifs is 2. The van der Waals surface area contributed by atoms with Gasteiger partial charge in [-0.3, -0.25) is 0 Å². The summed E-state index contributed by atoms with van der Waals surface area (Å²) in [5.74, 6) is 1.47. The number of hydrogen-bond donors (Lipinski definition) is 0. The van der Waals surface area contributed by atoms with E-state index in [4.69, 9.17) is 21.7 Å². The topological polar surface area (TPSA) is 45.8 Å². The first-order chi connectivity index (χ1) is 13.2. The number of benzene rings is 2. The third kappa shape index (κ3) is 2.59. The lowest BCUT2D eigenvalue weighted by molar-refractivity contribution is 0.455. The van der Waals surface area contributed by atoms with Gasteiger partial charge in [-0.2, -0.15) is 10.1 Å². The Labute approximate surface area is 161 Å². The summed E-state index contributed by atoms with van der Waals surface area (Å²) in [4.78, 5) is 11.4. The smallest absolute Gasteiger partial charge is 0.232 e. The molecule has 2 aromatic carbocycles. The summed E-state index contributed by atoms with van der Waals surface area (Å²) in [6, 6.07) is 17.9. The van der Waals surface area contributed by atoms with Gasteiger partial charge in [-0.1, -0.05) is 41.9 Å². The second-order valence-electron chi connectivity index (χ2n) is 6.46. The van der Waals surface area contributed by atoms with Crippen LogP contribution >= 0.6 is 11.6 Å². The molecule has 0 saturated carbocycles. The highest BCUT2D eigenvalue weighted by Gasteiger charge is 2.35. The highest BCUT2D eigenvalue weighted by atomic mass is 35.5. The molecule has 1 unspecified atom stereocenters. The van der Waals surface area contributed by atoms with Crippen LogP contribution in [0.2, 0.25) is 5.02 Å². The first-order valence-electron chi connectivity index (χ1n) is 8.70. The van der Waals surface area contributed by atoms with Gasteiger partial charge in [0.15, 0.2) is 5.82 Å². The average molecular weight is 374 g/mol. The zero-order valence-electron chi connectivity index (χ0n) is 14.6. The summed E-state index contributed by atoms with van der Waals surface area (Å²) in [5.41, 5.74) is 4.11. The Morgan fingerprint density at radius 1 is 1.00 bits per heavy atom. The molecule has 3 heterocycles. The van der Waals surface area contributed by atoms with Crippen LogP contribution in [0.3, 0.4) is 0 Å². The number of nitrogens with zero attached hydrogens (tertiary/aromatic N) is 5. The van der Waals surface area contributed by atoms with E-state index >= 15 is 0 Å². The summed E-state index contributed by atoms with van der Waals surface area (Å²) in [7, 11) is 0. The molecule has 2 aliphatic rings. The first kappa shape index (κ1) is 16.0. The maximum atomic E-state index is 6.11. The number of halogens is 1. The lowest BCUT2D eigenvalue weighted by Crippen LogP contribution is -2.34. The Balaban J connectivity index is 1.76. The summed E-state index contributed by atoms with van der Waals surface area (Å²) in [5, 5.41) is 5.51. The number of aryl methyl sites for hydroxylation is 1. The molecule has 0 fully saturated rings. The number of aliphatic imine (C=N–C) groups is 2. The van der Waals surface area contributed by atoms with E-state index in [2.05, 4.69) is 9.89 Å². The van der Waals surface area contributed by atoms with Gasteiger partial charge in [-0.15, -0.1) is 0 Å². The number of hydrogen-bond acceptors (Lipinski definition) is 4. The lowest BCUT2D eigenvalue weighted by Gasteiger charge is -2.34. The zero-order chi connectivity index (χ0) is 18.4. The van der Waals surface area contributed by atoms with E-state index in [1.165, 1.54) is 0 Å². The minimum atomic E-state index is -0.0593. The minimum Gasteiger partial charge on any atom is -0.305 e. The van der Waals surface area contributed by atoms with Gasteiger partial charge in [0.25, 0.3) is 0 Å². The Kier molecular flexibility index (Phi) is 3.69. The molecule has 27 heavy (non-hydrogen) atoms. The van der Waals surface area contributed by atoms with Crippen LogP contribution in [0.4, 0.5) is 5.82 Å². The fourth-order valence-electron chi connectivity index (χ4n) is 3.57. The van der Waals surface area contributed by atoms with Gasteiger partial charge in [-0.05, 0) is 42.8 Å². The van der Waals surface area contributed by atoms with Crippen molar-refractivity contribution in [2.75, 3.05) is 0 Å². The van der Waals surface area contributed by atoms with Gasteiger partial charge in [-0.25, -0.2) is 9.67 Å². The highest BCUT2D eigenvalue weighted by Crippen LogP contribution is 2.43. The molecule has 0 aliphatic carbocycles. The molecule has 0 radical (unpaired) electrons. The second-order valence-corrected chi connectivity index (χ2v) is 6.90. The van der Waals surface area contributed by atoms with Crippen LogP contribution in [0.1, 0.15) is 22.9 Å². The number of para-hydroxylation sites is 1. The molecular weight excluding hydrogens is 358 g/mol. The van der Waals surface area contributed by atoms with Crippen molar-refractivity contribution in [1.82, 2.24) is 14.7 Å². The molecular formula is C21H16ClN5. The Morgan fingerprint density at radius 2 is 1.78 bits per heavy atom. The second kappa shape index (κ2) is 6.21. The van der Waals surface area contributed by atoms with Crippen molar-refractivity contribution in [3.05, 3.63) is 88.7 Å². The van der Waals surface area contributed by atoms with Crippen LogP contribution in [-0.2, 0) is 0 Å². The van der Waals surface area contributed by atoms with Crippen LogP contribution < -0.4 is 0 Å². The summed E-state index contributed by atoms with van der Waals surface area (Å²) in [6.45, 7) is 2.03. The number of allylic oxidation sites excluding steroid dienone is 1. The predicted molar refractivity (Wildman–Crippen MR) is 108 cm³/mol. The molecule has 2 aliphatic heterocycles. The molecule has 0 amide bonds. The van der Waals surface area contributed by atoms with E-state index in [1.807, 2.05) is 78.5 Å². The number of rotatable bonds is 2. The summed E-state index contributed by atoms with van der Waals surface area (Å²) < 4.78 is 1.89. The number of aromatic nitrogens is 2. The lowest BCUT2D eigenvalue weighted by atomic mass is 9.96. The fraction of sp³-hybridized carbons (Fsp3) is 0.0952. The van der Waals surface area contributed by atoms with Crippen molar-refractivity contribution in [2.24, 2.45) is 9.98 Å². The van der Waals surface area contributed by atoms with Crippen molar-refractivity contribution >= 4 is 29.6 Å². The van der Waals surface area contributed by atoms with Gasteiger partial charge in [0.2, 0.25) is 5.96 Å². The summed E-state index contributed by atoms with van der Waals surface area (Å²) >= 11 is 6.11. The maximum absolute atomic E-state index is 6.11. The van der Waals surface area contributed by atoms with Gasteiger partial charge in [0, 0.05) is 23.0 Å². The van der Waals surface area contributed by atoms with Crippen LogP contribution in [0.15, 0.2) is 76.9 Å². The minimum absolute atomic E-state index is 0.0593. The molecule has 0 N–H and O–H groups in total. The van der Waals surface area contributed by atoms with Crippen LogP contribution in [0, 0.1) is 6.92 Å². The SMILES string of the molecule is Cc1nn(-c2ccccc2)c2c1C(c1ccc(Cl)cc1)N1C=CC=NC1=N2. The molecule has 3 aromatic rings. The number of guanidine groups is 1. The van der Waals surface area contributed by atoms with E-state index in [1.54, 1.807) is 6.21 Å². The third-order valence-corrected chi connectivity index (χ3v) is 5.03. The Hall–Kier alpha value is -3.18. The van der Waals surface area contributed by atoms with Gasteiger partial charge < -0.3 is 4.90 Å². The normalized spacial score (nSPS) is 17.5. The standard InChI is InChI=1S/C21H16ClN5/c1-14-18-19(15-8-10-16(22)11-9-15)26-13-5-12-23-21(26)24-20(18)27(25-14)17-6-3-2-4-7-17/h2-13,19H,1H3. The molecule has 0 saturated heterocycles. The maximum Gasteiger partial charge on any atom is 0.232 e. The molecule has 6 heteroatoms. The van der Waals surface area contributed by atoms with E-state index in [-0.39, 0.29) is 6.04 Å².